The molecule has 1 aromatic carbocycles. The van der Waals surface area contributed by atoms with Gasteiger partial charge in [-0.3, -0.25) is 4.79 Å². The number of benzene rings is 1. The second kappa shape index (κ2) is 8.12. The summed E-state index contributed by atoms with van der Waals surface area (Å²) in [5.41, 5.74) is 2.21. The van der Waals surface area contributed by atoms with Crippen LogP contribution in [-0.4, -0.2) is 36.7 Å². The van der Waals surface area contributed by atoms with Crippen molar-refractivity contribution in [2.75, 3.05) is 12.4 Å². The molecule has 6 nitrogen and oxygen atoms in total. The van der Waals surface area contributed by atoms with Gasteiger partial charge in [0.25, 0.3) is 5.91 Å². The average molecular weight is 436 g/mol. The molecule has 0 aliphatic rings. The van der Waals surface area contributed by atoms with Gasteiger partial charge in [0, 0.05) is 35.3 Å². The average Bonchev–Trinajstić information content (AvgIpc) is 3.29. The summed E-state index contributed by atoms with van der Waals surface area (Å²) in [6.45, 7) is 5.54. The molecule has 0 spiro atoms. The molecule has 0 fully saturated rings. The molecule has 0 bridgehead atoms. The number of amides is 1. The summed E-state index contributed by atoms with van der Waals surface area (Å²) in [6.07, 6.45) is 0. The Labute approximate surface area is 172 Å². The first-order valence-electron chi connectivity index (χ1n) is 8.59. The number of sulfonamides is 1. The first kappa shape index (κ1) is 20.7. The van der Waals surface area contributed by atoms with Crippen molar-refractivity contribution < 1.29 is 13.2 Å². The van der Waals surface area contributed by atoms with E-state index in [2.05, 4.69) is 10.3 Å². The number of carbonyl (C=O) groups is 1. The quantitative estimate of drug-likeness (QED) is 0.620. The SMILES string of the molecule is Cc1csc(-c2ccsc2NC(=O)c2ccc(S(=O)(=O)N(C)C(C)C)cc2)n1. The van der Waals surface area contributed by atoms with Crippen molar-refractivity contribution in [2.45, 2.75) is 31.7 Å². The van der Waals surface area contributed by atoms with E-state index in [4.69, 9.17) is 0 Å². The minimum atomic E-state index is -3.57. The number of rotatable bonds is 6. The number of thiazole rings is 1. The molecule has 0 radical (unpaired) electrons. The van der Waals surface area contributed by atoms with E-state index in [0.717, 1.165) is 21.3 Å². The van der Waals surface area contributed by atoms with Crippen molar-refractivity contribution >= 4 is 43.6 Å². The minimum absolute atomic E-state index is 0.153. The van der Waals surface area contributed by atoms with Crippen LogP contribution in [0.25, 0.3) is 10.6 Å². The third-order valence-electron chi connectivity index (χ3n) is 4.26. The van der Waals surface area contributed by atoms with Crippen molar-refractivity contribution in [3.05, 3.63) is 52.3 Å². The Morgan fingerprint density at radius 2 is 1.82 bits per heavy atom. The Hall–Kier alpha value is -2.07. The van der Waals surface area contributed by atoms with Crippen LogP contribution < -0.4 is 5.32 Å². The van der Waals surface area contributed by atoms with E-state index in [1.54, 1.807) is 7.05 Å². The van der Waals surface area contributed by atoms with Crippen molar-refractivity contribution in [1.82, 2.24) is 9.29 Å². The summed E-state index contributed by atoms with van der Waals surface area (Å²) >= 11 is 2.95. The van der Waals surface area contributed by atoms with E-state index in [1.807, 2.05) is 37.6 Å². The van der Waals surface area contributed by atoms with Crippen molar-refractivity contribution in [3.8, 4) is 10.6 Å². The number of hydrogen-bond donors (Lipinski definition) is 1. The van der Waals surface area contributed by atoms with E-state index in [-0.39, 0.29) is 16.8 Å². The van der Waals surface area contributed by atoms with Gasteiger partial charge in [-0.1, -0.05) is 0 Å². The minimum Gasteiger partial charge on any atom is -0.313 e. The molecule has 3 rings (SSSR count). The summed E-state index contributed by atoms with van der Waals surface area (Å²) in [7, 11) is -2.03. The number of thiophene rings is 1. The first-order valence-corrected chi connectivity index (χ1v) is 11.8. The molecule has 148 valence electrons. The summed E-state index contributed by atoms with van der Waals surface area (Å²) in [4.78, 5) is 17.3. The molecule has 1 amide bonds. The van der Waals surface area contributed by atoms with Gasteiger partial charge >= 0.3 is 0 Å². The number of anilines is 1. The maximum absolute atomic E-state index is 12.6. The molecule has 9 heteroatoms. The van der Waals surface area contributed by atoms with Crippen LogP contribution in [-0.2, 0) is 10.0 Å². The van der Waals surface area contributed by atoms with E-state index in [1.165, 1.54) is 51.2 Å². The molecule has 0 unspecified atom stereocenters. The number of aromatic nitrogens is 1. The highest BCUT2D eigenvalue weighted by Gasteiger charge is 2.23. The fourth-order valence-corrected chi connectivity index (χ4v) is 5.49. The van der Waals surface area contributed by atoms with Gasteiger partial charge in [-0.15, -0.1) is 22.7 Å². The first-order chi connectivity index (χ1) is 13.2. The second-order valence-corrected chi connectivity index (χ2v) is 10.3. The Balaban J connectivity index is 1.79. The highest BCUT2D eigenvalue weighted by Crippen LogP contribution is 2.35. The van der Waals surface area contributed by atoms with Gasteiger partial charge < -0.3 is 5.32 Å². The normalized spacial score (nSPS) is 11.9. The lowest BCUT2D eigenvalue weighted by Gasteiger charge is -2.21. The van der Waals surface area contributed by atoms with Crippen molar-refractivity contribution in [3.63, 3.8) is 0 Å². The zero-order valence-electron chi connectivity index (χ0n) is 16.0. The highest BCUT2D eigenvalue weighted by molar-refractivity contribution is 7.89. The van der Waals surface area contributed by atoms with Crippen LogP contribution in [0, 0.1) is 6.92 Å². The predicted octanol–water partition coefficient (Wildman–Crippen LogP) is 4.46. The van der Waals surface area contributed by atoms with Crippen molar-refractivity contribution in [2.24, 2.45) is 0 Å². The fourth-order valence-electron chi connectivity index (χ4n) is 2.45. The number of nitrogens with one attached hydrogen (secondary N) is 1. The number of carbonyl (C=O) groups excluding carboxylic acids is 1. The lowest BCUT2D eigenvalue weighted by atomic mass is 10.2. The topological polar surface area (TPSA) is 79.4 Å². The van der Waals surface area contributed by atoms with E-state index < -0.39 is 10.0 Å². The molecular formula is C19H21N3O3S3. The molecule has 0 aliphatic heterocycles. The number of aryl methyl sites for hydroxylation is 1. The third kappa shape index (κ3) is 4.17. The van der Waals surface area contributed by atoms with Crippen LogP contribution in [0.2, 0.25) is 0 Å². The smallest absolute Gasteiger partial charge is 0.256 e. The van der Waals surface area contributed by atoms with Crippen LogP contribution in [0.4, 0.5) is 5.00 Å². The predicted molar refractivity (Wildman–Crippen MR) is 115 cm³/mol. The summed E-state index contributed by atoms with van der Waals surface area (Å²) in [5, 5.41) is 8.34. The van der Waals surface area contributed by atoms with Crippen LogP contribution in [0.15, 0.2) is 46.0 Å². The van der Waals surface area contributed by atoms with E-state index in [0.29, 0.717) is 5.56 Å². The molecule has 0 saturated carbocycles. The molecule has 3 aromatic rings. The Morgan fingerprint density at radius 1 is 1.14 bits per heavy atom. The third-order valence-corrected chi connectivity index (χ3v) is 8.13. The molecule has 0 saturated heterocycles. The Morgan fingerprint density at radius 3 is 2.39 bits per heavy atom. The van der Waals surface area contributed by atoms with Crippen LogP contribution in [0.5, 0.6) is 0 Å². The zero-order chi connectivity index (χ0) is 20.5. The molecule has 28 heavy (non-hydrogen) atoms. The number of nitrogens with zero attached hydrogens (tertiary/aromatic N) is 2. The Bertz CT molecular complexity index is 1080. The van der Waals surface area contributed by atoms with Gasteiger partial charge in [-0.2, -0.15) is 4.31 Å². The maximum Gasteiger partial charge on any atom is 0.256 e. The fraction of sp³-hybridized carbons (Fsp3) is 0.263. The summed E-state index contributed by atoms with van der Waals surface area (Å²) in [6, 6.07) is 7.75. The van der Waals surface area contributed by atoms with Gasteiger partial charge in [-0.05, 0) is 56.5 Å². The highest BCUT2D eigenvalue weighted by atomic mass is 32.2. The summed E-state index contributed by atoms with van der Waals surface area (Å²) < 4.78 is 26.4. The lowest BCUT2D eigenvalue weighted by Crippen LogP contribution is -2.33. The molecule has 0 aliphatic carbocycles. The van der Waals surface area contributed by atoms with Gasteiger partial charge in [0.15, 0.2) is 0 Å². The second-order valence-electron chi connectivity index (χ2n) is 6.55. The largest absolute Gasteiger partial charge is 0.313 e. The van der Waals surface area contributed by atoms with Crippen LogP contribution in [0.3, 0.4) is 0 Å². The zero-order valence-corrected chi connectivity index (χ0v) is 18.4. The van der Waals surface area contributed by atoms with Crippen molar-refractivity contribution in [1.29, 1.82) is 0 Å². The molecule has 2 aromatic heterocycles. The molecule has 2 heterocycles. The van der Waals surface area contributed by atoms with Gasteiger partial charge in [-0.25, -0.2) is 13.4 Å². The van der Waals surface area contributed by atoms with E-state index >= 15 is 0 Å². The van der Waals surface area contributed by atoms with Gasteiger partial charge in [0.1, 0.15) is 10.0 Å². The molecule has 0 atom stereocenters. The summed E-state index contributed by atoms with van der Waals surface area (Å²) in [5.74, 6) is -0.293. The standard InChI is InChI=1S/C19H21N3O3S3/c1-12(2)22(4)28(24,25)15-7-5-14(6-8-15)17(23)21-19-16(9-10-26-19)18-20-13(3)11-27-18/h5-12H,1-4H3,(H,21,23). The van der Waals surface area contributed by atoms with Crippen LogP contribution in [0.1, 0.15) is 29.9 Å². The van der Waals surface area contributed by atoms with Gasteiger partial charge in [0.2, 0.25) is 10.0 Å². The maximum atomic E-state index is 12.6. The van der Waals surface area contributed by atoms with Crippen LogP contribution >= 0.6 is 22.7 Å². The van der Waals surface area contributed by atoms with E-state index in [9.17, 15) is 13.2 Å². The Kier molecular flexibility index (Phi) is 5.99. The number of hydrogen-bond acceptors (Lipinski definition) is 6. The molecule has 1 N–H and O–H groups in total. The monoisotopic (exact) mass is 435 g/mol. The van der Waals surface area contributed by atoms with Gasteiger partial charge in [0.05, 0.1) is 4.90 Å². The lowest BCUT2D eigenvalue weighted by molar-refractivity contribution is 0.102. The molecular weight excluding hydrogens is 414 g/mol.